The molecule has 0 fully saturated rings. The van der Waals surface area contributed by atoms with Crippen molar-refractivity contribution in [3.63, 3.8) is 0 Å². The lowest BCUT2D eigenvalue weighted by molar-refractivity contribution is 0.558. The van der Waals surface area contributed by atoms with E-state index in [1.165, 1.54) is 5.57 Å². The van der Waals surface area contributed by atoms with Gasteiger partial charge >= 0.3 is 0 Å². The van der Waals surface area contributed by atoms with Gasteiger partial charge in [0.1, 0.15) is 0 Å². The first kappa shape index (κ1) is 15.5. The average molecular weight is 256 g/mol. The number of hydrogen-bond donors (Lipinski definition) is 1. The van der Waals surface area contributed by atoms with Gasteiger partial charge in [-0.25, -0.2) is 0 Å². The highest BCUT2D eigenvalue weighted by Crippen LogP contribution is 2.17. The lowest BCUT2D eigenvalue weighted by Crippen LogP contribution is -2.23. The third kappa shape index (κ3) is 5.28. The zero-order valence-corrected chi connectivity index (χ0v) is 12.4. The molecule has 0 aliphatic rings. The van der Waals surface area contributed by atoms with Crippen LogP contribution in [0, 0.1) is 23.2 Å². The minimum atomic E-state index is 0.478. The predicted molar refractivity (Wildman–Crippen MR) is 81.7 cm³/mol. The molecule has 102 valence electrons. The van der Waals surface area contributed by atoms with Crippen LogP contribution in [0.15, 0.2) is 29.8 Å². The van der Waals surface area contributed by atoms with Gasteiger partial charge in [0.15, 0.2) is 0 Å². The van der Waals surface area contributed by atoms with Crippen molar-refractivity contribution in [2.75, 3.05) is 13.1 Å². The third-order valence-electron chi connectivity index (χ3n) is 3.05. The molecule has 0 saturated carbocycles. The number of hydrogen-bond acceptors (Lipinski definition) is 2. The lowest BCUT2D eigenvalue weighted by Gasteiger charge is -2.14. The van der Waals surface area contributed by atoms with E-state index in [1.807, 2.05) is 24.3 Å². The average Bonchev–Trinajstić information content (AvgIpc) is 2.37. The molecule has 19 heavy (non-hydrogen) atoms. The van der Waals surface area contributed by atoms with Crippen LogP contribution < -0.4 is 5.32 Å². The summed E-state index contributed by atoms with van der Waals surface area (Å²) in [6.07, 6.45) is 2.15. The van der Waals surface area contributed by atoms with Crippen molar-refractivity contribution in [1.82, 2.24) is 5.32 Å². The second kappa shape index (κ2) is 7.76. The van der Waals surface area contributed by atoms with Gasteiger partial charge in [0, 0.05) is 6.54 Å². The molecular weight excluding hydrogens is 232 g/mol. The van der Waals surface area contributed by atoms with Gasteiger partial charge in [-0.1, -0.05) is 57.5 Å². The summed E-state index contributed by atoms with van der Waals surface area (Å²) in [6, 6.07) is 10.0. The fourth-order valence-corrected chi connectivity index (χ4v) is 1.85. The predicted octanol–water partition coefficient (Wildman–Crippen LogP) is 3.84. The Morgan fingerprint density at radius 1 is 1.26 bits per heavy atom. The third-order valence-corrected chi connectivity index (χ3v) is 3.05. The molecule has 0 saturated heterocycles. The van der Waals surface area contributed by atoms with Gasteiger partial charge in [0.05, 0.1) is 11.6 Å². The molecule has 2 nitrogen and oxygen atoms in total. The second-order valence-corrected chi connectivity index (χ2v) is 5.60. The highest BCUT2D eigenvalue weighted by atomic mass is 14.9. The number of nitriles is 1. The zero-order chi connectivity index (χ0) is 14.3. The molecule has 1 aromatic rings. The van der Waals surface area contributed by atoms with Gasteiger partial charge in [0.25, 0.3) is 0 Å². The highest BCUT2D eigenvalue weighted by Gasteiger charge is 2.06. The van der Waals surface area contributed by atoms with E-state index in [1.54, 1.807) is 0 Å². The number of benzene rings is 1. The Labute approximate surface area is 117 Å². The maximum atomic E-state index is 9.12. The molecule has 0 aromatic heterocycles. The Kier molecular flexibility index (Phi) is 6.32. The molecule has 1 N–H and O–H groups in total. The fraction of sp³-hybridized carbons (Fsp3) is 0.471. The summed E-state index contributed by atoms with van der Waals surface area (Å²) in [7, 11) is 0. The van der Waals surface area contributed by atoms with E-state index in [9.17, 15) is 0 Å². The maximum Gasteiger partial charge on any atom is 0.0997 e. The van der Waals surface area contributed by atoms with Crippen molar-refractivity contribution in [3.05, 3.63) is 41.0 Å². The van der Waals surface area contributed by atoms with E-state index in [4.69, 9.17) is 5.26 Å². The SMILES string of the molecule is CC(C)CNC/C(=C/c1ccccc1C#N)C(C)C. The molecular formula is C17H24N2. The van der Waals surface area contributed by atoms with Crippen molar-refractivity contribution in [2.24, 2.45) is 11.8 Å². The van der Waals surface area contributed by atoms with Crippen LogP contribution in [0.4, 0.5) is 0 Å². The van der Waals surface area contributed by atoms with E-state index in [-0.39, 0.29) is 0 Å². The maximum absolute atomic E-state index is 9.12. The molecule has 0 aliphatic carbocycles. The van der Waals surface area contributed by atoms with Crippen molar-refractivity contribution in [2.45, 2.75) is 27.7 Å². The largest absolute Gasteiger partial charge is 0.313 e. The van der Waals surface area contributed by atoms with Crippen LogP contribution in [-0.4, -0.2) is 13.1 Å². The number of nitrogens with one attached hydrogen (secondary N) is 1. The minimum absolute atomic E-state index is 0.478. The van der Waals surface area contributed by atoms with Crippen LogP contribution in [0.2, 0.25) is 0 Å². The molecule has 0 aliphatic heterocycles. The van der Waals surface area contributed by atoms with E-state index in [0.717, 1.165) is 24.2 Å². The molecule has 0 unspecified atom stereocenters. The molecule has 0 spiro atoms. The quantitative estimate of drug-likeness (QED) is 0.839. The van der Waals surface area contributed by atoms with E-state index < -0.39 is 0 Å². The van der Waals surface area contributed by atoms with Gasteiger partial charge < -0.3 is 5.32 Å². The summed E-state index contributed by atoms with van der Waals surface area (Å²) >= 11 is 0. The molecule has 0 heterocycles. The van der Waals surface area contributed by atoms with Crippen LogP contribution in [0.5, 0.6) is 0 Å². The van der Waals surface area contributed by atoms with Crippen molar-refractivity contribution < 1.29 is 0 Å². The van der Waals surface area contributed by atoms with Crippen LogP contribution in [0.3, 0.4) is 0 Å². The fourth-order valence-electron chi connectivity index (χ4n) is 1.85. The summed E-state index contributed by atoms with van der Waals surface area (Å²) in [5.74, 6) is 1.13. The monoisotopic (exact) mass is 256 g/mol. The summed E-state index contributed by atoms with van der Waals surface area (Å²) in [6.45, 7) is 10.7. The van der Waals surface area contributed by atoms with E-state index in [0.29, 0.717) is 11.8 Å². The zero-order valence-electron chi connectivity index (χ0n) is 12.4. The Balaban J connectivity index is 2.86. The first-order valence-electron chi connectivity index (χ1n) is 6.95. The summed E-state index contributed by atoms with van der Waals surface area (Å²) in [4.78, 5) is 0. The van der Waals surface area contributed by atoms with Crippen LogP contribution >= 0.6 is 0 Å². The van der Waals surface area contributed by atoms with Crippen LogP contribution in [-0.2, 0) is 0 Å². The van der Waals surface area contributed by atoms with Gasteiger partial charge in [-0.2, -0.15) is 5.26 Å². The van der Waals surface area contributed by atoms with Crippen molar-refractivity contribution >= 4 is 6.08 Å². The molecule has 1 aromatic carbocycles. The first-order valence-corrected chi connectivity index (χ1v) is 6.95. The van der Waals surface area contributed by atoms with Crippen molar-refractivity contribution in [1.29, 1.82) is 5.26 Å². The molecule has 0 radical (unpaired) electrons. The summed E-state index contributed by atoms with van der Waals surface area (Å²) in [5, 5.41) is 12.6. The minimum Gasteiger partial charge on any atom is -0.313 e. The van der Waals surface area contributed by atoms with Gasteiger partial charge in [-0.15, -0.1) is 0 Å². The Morgan fingerprint density at radius 2 is 1.95 bits per heavy atom. The summed E-state index contributed by atoms with van der Waals surface area (Å²) < 4.78 is 0. The van der Waals surface area contributed by atoms with Crippen molar-refractivity contribution in [3.8, 4) is 6.07 Å². The lowest BCUT2D eigenvalue weighted by atomic mass is 9.98. The van der Waals surface area contributed by atoms with E-state index >= 15 is 0 Å². The summed E-state index contributed by atoms with van der Waals surface area (Å²) in [5.41, 5.74) is 3.09. The highest BCUT2D eigenvalue weighted by molar-refractivity contribution is 5.60. The topological polar surface area (TPSA) is 35.8 Å². The van der Waals surface area contributed by atoms with Crippen LogP contribution in [0.1, 0.15) is 38.8 Å². The number of rotatable bonds is 6. The Morgan fingerprint density at radius 3 is 2.53 bits per heavy atom. The van der Waals surface area contributed by atoms with Gasteiger partial charge in [-0.05, 0) is 30.0 Å². The Bertz CT molecular complexity index is 464. The van der Waals surface area contributed by atoms with Gasteiger partial charge in [-0.3, -0.25) is 0 Å². The molecule has 2 heteroatoms. The second-order valence-electron chi connectivity index (χ2n) is 5.60. The van der Waals surface area contributed by atoms with Crippen LogP contribution in [0.25, 0.3) is 6.08 Å². The molecule has 1 rings (SSSR count). The number of nitrogens with zero attached hydrogens (tertiary/aromatic N) is 1. The first-order chi connectivity index (χ1) is 9.04. The standard InChI is InChI=1S/C17H24N2/c1-13(2)11-19-12-17(14(3)4)9-15-7-5-6-8-16(15)10-18/h5-9,13-14,19H,11-12H2,1-4H3/b17-9-. The molecule has 0 atom stereocenters. The molecule has 0 amide bonds. The Hall–Kier alpha value is -1.59. The van der Waals surface area contributed by atoms with Gasteiger partial charge in [0.2, 0.25) is 0 Å². The normalized spacial score (nSPS) is 11.9. The van der Waals surface area contributed by atoms with E-state index in [2.05, 4.69) is 45.2 Å². The molecule has 0 bridgehead atoms. The smallest absolute Gasteiger partial charge is 0.0997 e.